The summed E-state index contributed by atoms with van der Waals surface area (Å²) in [6.07, 6.45) is 1.10. The molecule has 0 aliphatic carbocycles. The molecule has 0 radical (unpaired) electrons. The van der Waals surface area contributed by atoms with Crippen LogP contribution in [-0.2, 0) is 18.8 Å². The lowest BCUT2D eigenvalue weighted by Crippen LogP contribution is -2.30. The van der Waals surface area contributed by atoms with Gasteiger partial charge in [-0.1, -0.05) is 0 Å². The van der Waals surface area contributed by atoms with E-state index >= 15 is 0 Å². The monoisotopic (exact) mass is 265 g/mol. The van der Waals surface area contributed by atoms with Crippen LogP contribution in [0.25, 0.3) is 0 Å². The standard InChI is InChI=1S/C12H12ClN3S/c13-7-10-1-2-12(15-14-10)16-5-3-11-9(8-16)4-6-17-11/h1-2,4,6H,3,5,7-8H2. The van der Waals surface area contributed by atoms with Gasteiger partial charge in [-0.15, -0.1) is 28.0 Å². The van der Waals surface area contributed by atoms with Crippen LogP contribution >= 0.6 is 22.9 Å². The fraction of sp³-hybridized carbons (Fsp3) is 0.333. The zero-order chi connectivity index (χ0) is 11.7. The number of hydrogen-bond acceptors (Lipinski definition) is 4. The van der Waals surface area contributed by atoms with Crippen LogP contribution in [0.5, 0.6) is 0 Å². The largest absolute Gasteiger partial charge is 0.350 e. The van der Waals surface area contributed by atoms with Crippen LogP contribution < -0.4 is 4.90 Å². The van der Waals surface area contributed by atoms with Crippen molar-refractivity contribution in [2.45, 2.75) is 18.8 Å². The predicted octanol–water partition coefficient (Wildman–Crippen LogP) is 2.84. The number of halogens is 1. The first-order valence-corrected chi connectivity index (χ1v) is 6.97. The molecule has 3 heterocycles. The molecular formula is C12H12ClN3S. The maximum atomic E-state index is 5.70. The Balaban J connectivity index is 1.81. The average molecular weight is 266 g/mol. The third-order valence-electron chi connectivity index (χ3n) is 2.97. The molecule has 1 aliphatic rings. The van der Waals surface area contributed by atoms with E-state index in [0.29, 0.717) is 5.88 Å². The molecule has 88 valence electrons. The lowest BCUT2D eigenvalue weighted by molar-refractivity contribution is 0.721. The molecule has 0 fully saturated rings. The van der Waals surface area contributed by atoms with Gasteiger partial charge in [0.2, 0.25) is 0 Å². The molecule has 3 rings (SSSR count). The van der Waals surface area contributed by atoms with Gasteiger partial charge in [0.1, 0.15) is 0 Å². The highest BCUT2D eigenvalue weighted by Gasteiger charge is 2.18. The molecular weight excluding hydrogens is 254 g/mol. The molecule has 5 heteroatoms. The quantitative estimate of drug-likeness (QED) is 0.782. The third-order valence-corrected chi connectivity index (χ3v) is 4.27. The van der Waals surface area contributed by atoms with Crippen LogP contribution in [0.1, 0.15) is 16.1 Å². The Labute approximate surface area is 109 Å². The molecule has 0 amide bonds. The average Bonchev–Trinajstić information content (AvgIpc) is 2.86. The normalized spacial score (nSPS) is 14.8. The second-order valence-corrected chi connectivity index (χ2v) is 5.32. The summed E-state index contributed by atoms with van der Waals surface area (Å²) in [6, 6.07) is 6.15. The molecule has 1 aliphatic heterocycles. The van der Waals surface area contributed by atoms with E-state index in [-0.39, 0.29) is 0 Å². The van der Waals surface area contributed by atoms with Crippen LogP contribution in [0.4, 0.5) is 5.82 Å². The highest BCUT2D eigenvalue weighted by atomic mass is 35.5. The molecule has 0 saturated carbocycles. The van der Waals surface area contributed by atoms with E-state index < -0.39 is 0 Å². The van der Waals surface area contributed by atoms with E-state index in [0.717, 1.165) is 31.0 Å². The highest BCUT2D eigenvalue weighted by Crippen LogP contribution is 2.26. The number of anilines is 1. The minimum absolute atomic E-state index is 0.419. The molecule has 17 heavy (non-hydrogen) atoms. The van der Waals surface area contributed by atoms with Gasteiger partial charge in [-0.3, -0.25) is 0 Å². The van der Waals surface area contributed by atoms with Crippen molar-refractivity contribution in [1.82, 2.24) is 10.2 Å². The van der Waals surface area contributed by atoms with Gasteiger partial charge in [0, 0.05) is 18.0 Å². The number of hydrogen-bond donors (Lipinski definition) is 0. The summed E-state index contributed by atoms with van der Waals surface area (Å²) in [7, 11) is 0. The Morgan fingerprint density at radius 3 is 3.00 bits per heavy atom. The molecule has 3 nitrogen and oxygen atoms in total. The first-order valence-electron chi connectivity index (χ1n) is 5.55. The van der Waals surface area contributed by atoms with Gasteiger partial charge in [-0.05, 0) is 35.6 Å². The van der Waals surface area contributed by atoms with Crippen molar-refractivity contribution in [3.8, 4) is 0 Å². The number of thiophene rings is 1. The van der Waals surface area contributed by atoms with E-state index in [1.54, 1.807) is 0 Å². The minimum atomic E-state index is 0.419. The summed E-state index contributed by atoms with van der Waals surface area (Å²) >= 11 is 7.55. The van der Waals surface area contributed by atoms with Gasteiger partial charge in [-0.2, -0.15) is 5.10 Å². The van der Waals surface area contributed by atoms with Gasteiger partial charge in [0.05, 0.1) is 11.6 Å². The maximum absolute atomic E-state index is 5.70. The molecule has 0 aromatic carbocycles. The van der Waals surface area contributed by atoms with Crippen LogP contribution in [0.15, 0.2) is 23.6 Å². The Bertz CT molecular complexity index is 509. The van der Waals surface area contributed by atoms with Crippen molar-refractivity contribution in [2.75, 3.05) is 11.4 Å². The maximum Gasteiger partial charge on any atom is 0.151 e. The lowest BCUT2D eigenvalue weighted by atomic mass is 10.1. The number of alkyl halides is 1. The fourth-order valence-electron chi connectivity index (χ4n) is 2.04. The molecule has 0 spiro atoms. The van der Waals surface area contributed by atoms with E-state index in [1.165, 1.54) is 10.4 Å². The Morgan fingerprint density at radius 2 is 2.24 bits per heavy atom. The molecule has 0 bridgehead atoms. The molecule has 2 aromatic heterocycles. The second kappa shape index (κ2) is 4.63. The summed E-state index contributed by atoms with van der Waals surface area (Å²) in [6.45, 7) is 1.95. The summed E-state index contributed by atoms with van der Waals surface area (Å²) in [5.41, 5.74) is 2.24. The topological polar surface area (TPSA) is 29.0 Å². The van der Waals surface area contributed by atoms with Gasteiger partial charge < -0.3 is 4.90 Å². The van der Waals surface area contributed by atoms with Crippen molar-refractivity contribution >= 4 is 28.8 Å². The molecule has 0 saturated heterocycles. The first kappa shape index (κ1) is 11.0. The van der Waals surface area contributed by atoms with Crippen molar-refractivity contribution in [1.29, 1.82) is 0 Å². The molecule has 0 atom stereocenters. The molecule has 0 N–H and O–H groups in total. The van der Waals surface area contributed by atoms with E-state index in [9.17, 15) is 0 Å². The Hall–Kier alpha value is -1.13. The summed E-state index contributed by atoms with van der Waals surface area (Å²) in [5.74, 6) is 1.36. The number of aromatic nitrogens is 2. The zero-order valence-electron chi connectivity index (χ0n) is 9.27. The van der Waals surface area contributed by atoms with Gasteiger partial charge >= 0.3 is 0 Å². The summed E-state index contributed by atoms with van der Waals surface area (Å²) < 4.78 is 0. The second-order valence-electron chi connectivity index (χ2n) is 4.06. The predicted molar refractivity (Wildman–Crippen MR) is 70.7 cm³/mol. The van der Waals surface area contributed by atoms with Crippen molar-refractivity contribution in [3.05, 3.63) is 39.7 Å². The first-order chi connectivity index (χ1) is 8.36. The van der Waals surface area contributed by atoms with E-state index in [1.807, 2.05) is 23.5 Å². The third kappa shape index (κ3) is 2.15. The van der Waals surface area contributed by atoms with Crippen molar-refractivity contribution in [3.63, 3.8) is 0 Å². The minimum Gasteiger partial charge on any atom is -0.350 e. The van der Waals surface area contributed by atoms with Crippen LogP contribution in [-0.4, -0.2) is 16.7 Å². The SMILES string of the molecule is ClCc1ccc(N2CCc3sccc3C2)nn1. The Morgan fingerprint density at radius 1 is 1.29 bits per heavy atom. The number of fused-ring (bicyclic) bond motifs is 1. The van der Waals surface area contributed by atoms with Gasteiger partial charge in [0.15, 0.2) is 5.82 Å². The fourth-order valence-corrected chi connectivity index (χ4v) is 3.07. The zero-order valence-corrected chi connectivity index (χ0v) is 10.8. The highest BCUT2D eigenvalue weighted by molar-refractivity contribution is 7.10. The van der Waals surface area contributed by atoms with Crippen LogP contribution in [0.3, 0.4) is 0 Å². The summed E-state index contributed by atoms with van der Waals surface area (Å²) in [4.78, 5) is 3.77. The Kier molecular flexibility index (Phi) is 2.99. The molecule has 2 aromatic rings. The number of rotatable bonds is 2. The van der Waals surface area contributed by atoms with Gasteiger partial charge in [-0.25, -0.2) is 0 Å². The van der Waals surface area contributed by atoms with E-state index in [4.69, 9.17) is 11.6 Å². The number of nitrogens with zero attached hydrogens (tertiary/aromatic N) is 3. The van der Waals surface area contributed by atoms with Gasteiger partial charge in [0.25, 0.3) is 0 Å². The summed E-state index contributed by atoms with van der Waals surface area (Å²) in [5, 5.41) is 10.5. The van der Waals surface area contributed by atoms with Crippen molar-refractivity contribution in [2.24, 2.45) is 0 Å². The van der Waals surface area contributed by atoms with E-state index in [2.05, 4.69) is 26.5 Å². The van der Waals surface area contributed by atoms with Crippen LogP contribution in [0.2, 0.25) is 0 Å². The smallest absolute Gasteiger partial charge is 0.151 e. The van der Waals surface area contributed by atoms with Crippen molar-refractivity contribution < 1.29 is 0 Å². The lowest BCUT2D eigenvalue weighted by Gasteiger charge is -2.27. The van der Waals surface area contributed by atoms with Crippen LogP contribution in [0, 0.1) is 0 Å². The molecule has 0 unspecified atom stereocenters.